The lowest BCUT2D eigenvalue weighted by molar-refractivity contribution is -0.870. The second kappa shape index (κ2) is 38.8. The standard InChI is InChI=1S/C48H78NO9P/c1-6-8-10-12-14-16-18-20-22-24-25-27-29-31-33-35-37-45(50)39-40-48(52)58-46(44-57-59(53,54)56-42-41-49(3,4)5)43-55-47(51)38-36-34-32-30-28-26-23-21-19-17-15-13-11-9-7-2/h8,10,14-17,20-23,25,27-28,30-31,33,35,37,45-46,50H,6-7,9,11-13,18-19,24,26,29,32,34,36,38-44H2,1-5H3/p+1/b10-8-,16-14-,17-15-,22-20-,23-21-,27-25-,30-28-,33-31-,37-35-/t45?,46-/m1/s1. The van der Waals surface area contributed by atoms with Gasteiger partial charge in [0.25, 0.3) is 0 Å². The van der Waals surface area contributed by atoms with Gasteiger partial charge in [-0.05, 0) is 83.5 Å². The number of aliphatic hydroxyl groups excluding tert-OH is 1. The molecule has 0 rings (SSSR count). The van der Waals surface area contributed by atoms with Gasteiger partial charge in [-0.3, -0.25) is 18.6 Å². The lowest BCUT2D eigenvalue weighted by Gasteiger charge is -2.24. The second-order valence-corrected chi connectivity index (χ2v) is 16.6. The number of unbranched alkanes of at least 4 members (excludes halogenated alkanes) is 5. The molecule has 0 saturated carbocycles. The number of phosphoric ester groups is 1. The van der Waals surface area contributed by atoms with Crippen molar-refractivity contribution < 1.29 is 47.2 Å². The van der Waals surface area contributed by atoms with Crippen molar-refractivity contribution in [2.24, 2.45) is 0 Å². The SMILES string of the molecule is CC/C=C\C/C=C\C/C=C\C/C=C\C/C=C\C=C/C(O)CCC(=O)O[C@H](COC(=O)CCCC/C=C\C/C=C\C/C=C\CCCCC)COP(=O)(O)OCC[N+](C)(C)C. The lowest BCUT2D eigenvalue weighted by Crippen LogP contribution is -2.37. The van der Waals surface area contributed by atoms with E-state index in [0.29, 0.717) is 17.4 Å². The molecular formula is C48H79NO9P+. The first-order valence-corrected chi connectivity index (χ1v) is 23.2. The minimum atomic E-state index is -4.46. The Morgan fingerprint density at radius 2 is 1.15 bits per heavy atom. The summed E-state index contributed by atoms with van der Waals surface area (Å²) in [6.45, 7) is 3.91. The summed E-state index contributed by atoms with van der Waals surface area (Å²) in [5, 5.41) is 10.4. The molecule has 0 fully saturated rings. The first kappa shape index (κ1) is 55.6. The Balaban J connectivity index is 4.71. The highest BCUT2D eigenvalue weighted by molar-refractivity contribution is 7.47. The Morgan fingerprint density at radius 3 is 1.69 bits per heavy atom. The van der Waals surface area contributed by atoms with Crippen LogP contribution in [0.1, 0.15) is 123 Å². The molecule has 334 valence electrons. The van der Waals surface area contributed by atoms with Gasteiger partial charge in [-0.25, -0.2) is 4.57 Å². The van der Waals surface area contributed by atoms with Gasteiger partial charge in [0.15, 0.2) is 6.10 Å². The first-order valence-electron chi connectivity index (χ1n) is 21.7. The number of nitrogens with zero attached hydrogens (tertiary/aromatic N) is 1. The highest BCUT2D eigenvalue weighted by Crippen LogP contribution is 2.43. The molecule has 0 aromatic heterocycles. The fourth-order valence-electron chi connectivity index (χ4n) is 4.95. The molecule has 0 spiro atoms. The lowest BCUT2D eigenvalue weighted by atomic mass is 10.1. The van der Waals surface area contributed by atoms with Gasteiger partial charge in [0, 0.05) is 12.8 Å². The molecule has 59 heavy (non-hydrogen) atoms. The molecule has 2 unspecified atom stereocenters. The van der Waals surface area contributed by atoms with Gasteiger partial charge >= 0.3 is 19.8 Å². The number of ether oxygens (including phenoxy) is 2. The Bertz CT molecular complexity index is 1380. The summed E-state index contributed by atoms with van der Waals surface area (Å²) in [7, 11) is 1.29. The summed E-state index contributed by atoms with van der Waals surface area (Å²) >= 11 is 0. The molecule has 0 saturated heterocycles. The van der Waals surface area contributed by atoms with E-state index in [1.807, 2.05) is 33.3 Å². The van der Waals surface area contributed by atoms with Gasteiger partial charge in [0.05, 0.1) is 33.9 Å². The molecule has 0 aliphatic heterocycles. The maximum Gasteiger partial charge on any atom is 0.472 e. The van der Waals surface area contributed by atoms with E-state index < -0.39 is 38.6 Å². The zero-order chi connectivity index (χ0) is 43.7. The Labute approximate surface area is 358 Å². The molecule has 0 aromatic carbocycles. The number of likely N-dealkylation sites (N-methyl/N-ethyl adjacent to an activating group) is 1. The quantitative estimate of drug-likeness (QED) is 0.0157. The van der Waals surface area contributed by atoms with Gasteiger partial charge < -0.3 is 24.0 Å². The molecule has 0 aromatic rings. The molecule has 2 N–H and O–H groups in total. The maximum absolute atomic E-state index is 12.7. The number of hydrogen-bond acceptors (Lipinski definition) is 8. The van der Waals surface area contributed by atoms with Crippen LogP contribution in [0, 0.1) is 0 Å². The van der Waals surface area contributed by atoms with Crippen LogP contribution in [-0.2, 0) is 32.7 Å². The van der Waals surface area contributed by atoms with E-state index in [2.05, 4.69) is 98.9 Å². The third kappa shape index (κ3) is 42.6. The first-order chi connectivity index (χ1) is 28.4. The fraction of sp³-hybridized carbons (Fsp3) is 0.583. The van der Waals surface area contributed by atoms with E-state index in [4.69, 9.17) is 18.5 Å². The summed E-state index contributed by atoms with van der Waals surface area (Å²) in [6, 6.07) is 0. The van der Waals surface area contributed by atoms with Crippen LogP contribution in [-0.4, -0.2) is 86.1 Å². The number of carbonyl (C=O) groups is 2. The average Bonchev–Trinajstić information content (AvgIpc) is 3.18. The summed E-state index contributed by atoms with van der Waals surface area (Å²) in [5.41, 5.74) is 0. The maximum atomic E-state index is 12.7. The highest BCUT2D eigenvalue weighted by atomic mass is 31.2. The van der Waals surface area contributed by atoms with Crippen molar-refractivity contribution in [2.75, 3.05) is 47.5 Å². The van der Waals surface area contributed by atoms with Crippen molar-refractivity contribution in [3.05, 3.63) is 109 Å². The van der Waals surface area contributed by atoms with Crippen LogP contribution in [0.5, 0.6) is 0 Å². The predicted octanol–water partition coefficient (Wildman–Crippen LogP) is 11.3. The zero-order valence-electron chi connectivity index (χ0n) is 37.0. The van der Waals surface area contributed by atoms with Crippen LogP contribution in [0.3, 0.4) is 0 Å². The molecule has 0 amide bonds. The summed E-state index contributed by atoms with van der Waals surface area (Å²) in [5.74, 6) is -1.14. The van der Waals surface area contributed by atoms with Crippen molar-refractivity contribution in [2.45, 2.75) is 135 Å². The fourth-order valence-corrected chi connectivity index (χ4v) is 5.69. The monoisotopic (exact) mass is 845 g/mol. The van der Waals surface area contributed by atoms with Crippen molar-refractivity contribution in [1.82, 2.24) is 0 Å². The van der Waals surface area contributed by atoms with Crippen LogP contribution in [0.4, 0.5) is 0 Å². The number of allylic oxidation sites excluding steroid dienone is 17. The number of quaternary nitrogens is 1. The van der Waals surface area contributed by atoms with Crippen molar-refractivity contribution in [3.63, 3.8) is 0 Å². The van der Waals surface area contributed by atoms with Gasteiger partial charge in [-0.15, -0.1) is 0 Å². The largest absolute Gasteiger partial charge is 0.472 e. The van der Waals surface area contributed by atoms with E-state index in [1.165, 1.54) is 19.3 Å². The van der Waals surface area contributed by atoms with Gasteiger partial charge in [0.1, 0.15) is 19.8 Å². The van der Waals surface area contributed by atoms with Gasteiger partial charge in [0.2, 0.25) is 0 Å². The molecule has 0 aliphatic rings. The second-order valence-electron chi connectivity index (χ2n) is 15.2. The summed E-state index contributed by atoms with van der Waals surface area (Å²) in [6.07, 6.45) is 49.0. The number of esters is 2. The predicted molar refractivity (Wildman–Crippen MR) is 244 cm³/mol. The number of carbonyl (C=O) groups excluding carboxylic acids is 2. The van der Waals surface area contributed by atoms with Crippen molar-refractivity contribution in [3.8, 4) is 0 Å². The summed E-state index contributed by atoms with van der Waals surface area (Å²) < 4.78 is 34.0. The molecule has 0 aliphatic carbocycles. The minimum absolute atomic E-state index is 0.0233. The van der Waals surface area contributed by atoms with E-state index in [9.17, 15) is 24.2 Å². The van der Waals surface area contributed by atoms with E-state index in [1.54, 1.807) is 12.2 Å². The Morgan fingerprint density at radius 1 is 0.627 bits per heavy atom. The molecule has 10 nitrogen and oxygen atoms in total. The number of rotatable bonds is 37. The van der Waals surface area contributed by atoms with Gasteiger partial charge in [-0.2, -0.15) is 0 Å². The van der Waals surface area contributed by atoms with Gasteiger partial charge in [-0.1, -0.05) is 136 Å². The number of phosphoric acid groups is 1. The van der Waals surface area contributed by atoms with Crippen LogP contribution in [0.15, 0.2) is 109 Å². The Hall–Kier alpha value is -3.37. The van der Waals surface area contributed by atoms with E-state index in [-0.39, 0.29) is 32.5 Å². The zero-order valence-corrected chi connectivity index (χ0v) is 37.9. The smallest absolute Gasteiger partial charge is 0.462 e. The minimum Gasteiger partial charge on any atom is -0.462 e. The van der Waals surface area contributed by atoms with Crippen molar-refractivity contribution >= 4 is 19.8 Å². The topological polar surface area (TPSA) is 129 Å². The molecule has 3 atom stereocenters. The van der Waals surface area contributed by atoms with Crippen LogP contribution in [0.25, 0.3) is 0 Å². The number of aliphatic hydroxyl groups is 1. The Kier molecular flexibility index (Phi) is 36.6. The van der Waals surface area contributed by atoms with Crippen molar-refractivity contribution in [1.29, 1.82) is 0 Å². The average molecular weight is 845 g/mol. The van der Waals surface area contributed by atoms with Crippen LogP contribution >= 0.6 is 7.82 Å². The van der Waals surface area contributed by atoms with Crippen LogP contribution in [0.2, 0.25) is 0 Å². The molecular weight excluding hydrogens is 766 g/mol. The third-order valence-electron chi connectivity index (χ3n) is 8.40. The molecule has 0 bridgehead atoms. The van der Waals surface area contributed by atoms with Crippen LogP contribution < -0.4 is 0 Å². The normalized spacial score (nSPS) is 15.2. The molecule has 0 radical (unpaired) electrons. The summed E-state index contributed by atoms with van der Waals surface area (Å²) in [4.78, 5) is 35.4. The molecule has 0 heterocycles. The number of hydrogen-bond donors (Lipinski definition) is 2. The highest BCUT2D eigenvalue weighted by Gasteiger charge is 2.27. The van der Waals surface area contributed by atoms with E-state index >= 15 is 0 Å². The third-order valence-corrected chi connectivity index (χ3v) is 9.39. The van der Waals surface area contributed by atoms with E-state index in [0.717, 1.165) is 64.2 Å². The molecule has 11 heteroatoms.